The number of rotatable bonds is 5. The van der Waals surface area contributed by atoms with E-state index in [2.05, 4.69) is 17.2 Å². The number of anilines is 1. The van der Waals surface area contributed by atoms with E-state index in [0.29, 0.717) is 6.42 Å². The molecule has 5 heteroatoms. The SMILES string of the molecule is C=C(F)C(=O)NCCC1C(=O)Nc2ccc(CC)cc21. The van der Waals surface area contributed by atoms with Crippen molar-refractivity contribution in [1.29, 1.82) is 0 Å². The molecule has 1 heterocycles. The van der Waals surface area contributed by atoms with Gasteiger partial charge in [-0.25, -0.2) is 4.39 Å². The Morgan fingerprint density at radius 2 is 2.25 bits per heavy atom. The molecule has 1 unspecified atom stereocenters. The van der Waals surface area contributed by atoms with Gasteiger partial charge in [0, 0.05) is 12.2 Å². The molecule has 1 aromatic carbocycles. The van der Waals surface area contributed by atoms with Gasteiger partial charge in [0.1, 0.15) is 0 Å². The smallest absolute Gasteiger partial charge is 0.279 e. The van der Waals surface area contributed by atoms with Crippen LogP contribution >= 0.6 is 0 Å². The summed E-state index contributed by atoms with van der Waals surface area (Å²) in [4.78, 5) is 23.0. The summed E-state index contributed by atoms with van der Waals surface area (Å²) in [5.41, 5.74) is 2.92. The highest BCUT2D eigenvalue weighted by molar-refractivity contribution is 6.03. The second kappa shape index (κ2) is 5.86. The molecule has 0 aromatic heterocycles. The summed E-state index contributed by atoms with van der Waals surface area (Å²) in [6, 6.07) is 5.89. The van der Waals surface area contributed by atoms with E-state index >= 15 is 0 Å². The number of amides is 2. The van der Waals surface area contributed by atoms with Crippen molar-refractivity contribution in [2.24, 2.45) is 0 Å². The van der Waals surface area contributed by atoms with Gasteiger partial charge in [-0.2, -0.15) is 0 Å². The highest BCUT2D eigenvalue weighted by atomic mass is 19.1. The van der Waals surface area contributed by atoms with Crippen LogP contribution in [0.15, 0.2) is 30.6 Å². The van der Waals surface area contributed by atoms with Crippen molar-refractivity contribution in [3.63, 3.8) is 0 Å². The van der Waals surface area contributed by atoms with E-state index in [4.69, 9.17) is 0 Å². The lowest BCUT2D eigenvalue weighted by Crippen LogP contribution is -2.26. The Bertz CT molecular complexity index is 569. The molecule has 1 aromatic rings. The molecule has 20 heavy (non-hydrogen) atoms. The molecule has 106 valence electrons. The molecule has 0 saturated heterocycles. The van der Waals surface area contributed by atoms with E-state index in [9.17, 15) is 14.0 Å². The zero-order chi connectivity index (χ0) is 14.7. The number of carbonyl (C=O) groups excluding carboxylic acids is 2. The number of benzene rings is 1. The Morgan fingerprint density at radius 1 is 1.50 bits per heavy atom. The third kappa shape index (κ3) is 2.87. The van der Waals surface area contributed by atoms with Gasteiger partial charge in [0.05, 0.1) is 5.92 Å². The molecule has 0 saturated carbocycles. The minimum Gasteiger partial charge on any atom is -0.350 e. The molecule has 0 radical (unpaired) electrons. The van der Waals surface area contributed by atoms with E-state index in [1.807, 2.05) is 25.1 Å². The maximum absolute atomic E-state index is 12.5. The molecule has 2 N–H and O–H groups in total. The van der Waals surface area contributed by atoms with Gasteiger partial charge in [0.15, 0.2) is 5.83 Å². The van der Waals surface area contributed by atoms with E-state index in [-0.39, 0.29) is 18.4 Å². The fraction of sp³-hybridized carbons (Fsp3) is 0.333. The standard InChI is InChI=1S/C15H17FN2O2/c1-3-10-4-5-13-12(8-10)11(15(20)18-13)6-7-17-14(19)9(2)16/h4-5,8,11H,2-3,6-7H2,1H3,(H,17,19)(H,18,20). The zero-order valence-corrected chi connectivity index (χ0v) is 11.3. The number of halogens is 1. The fourth-order valence-electron chi connectivity index (χ4n) is 2.31. The topological polar surface area (TPSA) is 58.2 Å². The second-order valence-corrected chi connectivity index (χ2v) is 4.77. The highest BCUT2D eigenvalue weighted by Gasteiger charge is 2.30. The van der Waals surface area contributed by atoms with E-state index in [1.54, 1.807) is 0 Å². The lowest BCUT2D eigenvalue weighted by atomic mass is 9.95. The van der Waals surface area contributed by atoms with Crippen molar-refractivity contribution in [2.75, 3.05) is 11.9 Å². The van der Waals surface area contributed by atoms with Crippen molar-refractivity contribution in [1.82, 2.24) is 5.32 Å². The average molecular weight is 276 g/mol. The third-order valence-corrected chi connectivity index (χ3v) is 3.44. The van der Waals surface area contributed by atoms with Gasteiger partial charge in [0.2, 0.25) is 5.91 Å². The summed E-state index contributed by atoms with van der Waals surface area (Å²) in [6.07, 6.45) is 1.33. The predicted octanol–water partition coefficient (Wildman–Crippen LogP) is 2.27. The molecular formula is C15H17FN2O2. The minimum absolute atomic E-state index is 0.0819. The van der Waals surface area contributed by atoms with Gasteiger partial charge >= 0.3 is 0 Å². The van der Waals surface area contributed by atoms with Gasteiger partial charge in [-0.05, 0) is 30.0 Å². The summed E-state index contributed by atoms with van der Waals surface area (Å²) < 4.78 is 12.5. The number of nitrogens with one attached hydrogen (secondary N) is 2. The summed E-state index contributed by atoms with van der Waals surface area (Å²) in [7, 11) is 0. The Labute approximate surface area is 117 Å². The van der Waals surface area contributed by atoms with E-state index in [1.165, 1.54) is 0 Å². The van der Waals surface area contributed by atoms with Crippen LogP contribution in [0.1, 0.15) is 30.4 Å². The maximum atomic E-state index is 12.5. The van der Waals surface area contributed by atoms with Crippen molar-refractivity contribution in [3.05, 3.63) is 41.7 Å². The third-order valence-electron chi connectivity index (χ3n) is 3.44. The number of hydrogen-bond donors (Lipinski definition) is 2. The first-order chi connectivity index (χ1) is 9.52. The molecule has 2 amide bonds. The molecule has 0 bridgehead atoms. The van der Waals surface area contributed by atoms with Crippen LogP contribution in [-0.4, -0.2) is 18.4 Å². The zero-order valence-electron chi connectivity index (χ0n) is 11.3. The Hall–Kier alpha value is -2.17. The summed E-state index contributed by atoms with van der Waals surface area (Å²) in [6.45, 7) is 5.20. The Morgan fingerprint density at radius 3 is 2.90 bits per heavy atom. The van der Waals surface area contributed by atoms with Crippen LogP contribution in [0.25, 0.3) is 0 Å². The summed E-state index contributed by atoms with van der Waals surface area (Å²) >= 11 is 0. The molecule has 2 rings (SSSR count). The van der Waals surface area contributed by atoms with Crippen LogP contribution in [0.2, 0.25) is 0 Å². The highest BCUT2D eigenvalue weighted by Crippen LogP contribution is 2.35. The molecular weight excluding hydrogens is 259 g/mol. The molecule has 0 fully saturated rings. The molecule has 1 aliphatic rings. The normalized spacial score (nSPS) is 16.5. The molecule has 1 atom stereocenters. The van der Waals surface area contributed by atoms with Crippen LogP contribution < -0.4 is 10.6 Å². The first-order valence-corrected chi connectivity index (χ1v) is 6.59. The summed E-state index contributed by atoms with van der Waals surface area (Å²) in [5.74, 6) is -2.23. The Balaban J connectivity index is 2.04. The first kappa shape index (κ1) is 14.2. The number of hydrogen-bond acceptors (Lipinski definition) is 2. The van der Waals surface area contributed by atoms with Gasteiger partial charge in [0.25, 0.3) is 5.91 Å². The van der Waals surface area contributed by atoms with Crippen molar-refractivity contribution < 1.29 is 14.0 Å². The van der Waals surface area contributed by atoms with Crippen LogP contribution in [0.5, 0.6) is 0 Å². The first-order valence-electron chi connectivity index (χ1n) is 6.59. The molecule has 0 spiro atoms. The second-order valence-electron chi connectivity index (χ2n) is 4.77. The minimum atomic E-state index is -1.02. The van der Waals surface area contributed by atoms with Crippen molar-refractivity contribution in [3.8, 4) is 0 Å². The van der Waals surface area contributed by atoms with Crippen LogP contribution in [0.4, 0.5) is 10.1 Å². The fourth-order valence-corrected chi connectivity index (χ4v) is 2.31. The molecule has 1 aliphatic heterocycles. The van der Waals surface area contributed by atoms with E-state index < -0.39 is 11.7 Å². The monoisotopic (exact) mass is 276 g/mol. The number of aryl methyl sites for hydroxylation is 1. The van der Waals surface area contributed by atoms with Crippen LogP contribution in [0.3, 0.4) is 0 Å². The number of carbonyl (C=O) groups is 2. The van der Waals surface area contributed by atoms with Gasteiger partial charge in [-0.1, -0.05) is 25.6 Å². The molecule has 4 nitrogen and oxygen atoms in total. The average Bonchev–Trinajstić information content (AvgIpc) is 2.74. The predicted molar refractivity (Wildman–Crippen MR) is 75.1 cm³/mol. The Kier molecular flexibility index (Phi) is 4.17. The summed E-state index contributed by atoms with van der Waals surface area (Å²) in [5, 5.41) is 5.21. The lowest BCUT2D eigenvalue weighted by molar-refractivity contribution is -0.120. The lowest BCUT2D eigenvalue weighted by Gasteiger charge is -2.10. The van der Waals surface area contributed by atoms with E-state index in [0.717, 1.165) is 23.2 Å². The van der Waals surface area contributed by atoms with Gasteiger partial charge < -0.3 is 10.6 Å². The van der Waals surface area contributed by atoms with Gasteiger partial charge in [-0.15, -0.1) is 0 Å². The van der Waals surface area contributed by atoms with Crippen molar-refractivity contribution >= 4 is 17.5 Å². The molecule has 0 aliphatic carbocycles. The maximum Gasteiger partial charge on any atom is 0.279 e. The van der Waals surface area contributed by atoms with Crippen molar-refractivity contribution in [2.45, 2.75) is 25.7 Å². The van der Waals surface area contributed by atoms with Gasteiger partial charge in [-0.3, -0.25) is 9.59 Å². The van der Waals surface area contributed by atoms with Crippen LogP contribution in [-0.2, 0) is 16.0 Å². The quantitative estimate of drug-likeness (QED) is 0.811. The largest absolute Gasteiger partial charge is 0.350 e. The number of fused-ring (bicyclic) bond motifs is 1. The van der Waals surface area contributed by atoms with Crippen LogP contribution in [0, 0.1) is 0 Å².